The zero-order valence-electron chi connectivity index (χ0n) is 16.7. The van der Waals surface area contributed by atoms with Crippen LogP contribution >= 0.6 is 0 Å². The molecule has 0 amide bonds. The number of benzene rings is 1. The molecule has 0 radical (unpaired) electrons. The molecule has 0 saturated carbocycles. The van der Waals surface area contributed by atoms with Gasteiger partial charge in [0, 0.05) is 18.6 Å². The summed E-state index contributed by atoms with van der Waals surface area (Å²) >= 11 is 0. The monoisotopic (exact) mass is 362 g/mol. The topological polar surface area (TPSA) is 18.5 Å². The Hall–Kier alpha value is -1.03. The lowest BCUT2D eigenvalue weighted by atomic mass is 10.2. The van der Waals surface area contributed by atoms with Gasteiger partial charge in [0.25, 0.3) is 0 Å². The zero-order chi connectivity index (χ0) is 18.4. The maximum atomic E-state index is 6.16. The predicted molar refractivity (Wildman–Crippen MR) is 110 cm³/mol. The van der Waals surface area contributed by atoms with Gasteiger partial charge in [-0.3, -0.25) is 0 Å². The standard InChI is InChI=1S/C20H34O2Si2/c1-20(2,3)24(7,8)22-16-9-15-21-19-12-10-18(11-13-19)14-17-23(4,5)6/h10-13H,9,15-16H2,1-8H3. The summed E-state index contributed by atoms with van der Waals surface area (Å²) in [7, 11) is -2.95. The molecule has 1 rings (SSSR count). The predicted octanol–water partition coefficient (Wildman–Crippen LogP) is 5.71. The first-order valence-corrected chi connectivity index (χ1v) is 15.2. The fraction of sp³-hybridized carbons (Fsp3) is 0.600. The number of rotatable bonds is 6. The van der Waals surface area contributed by atoms with E-state index in [2.05, 4.69) is 65.0 Å². The molecule has 0 aliphatic carbocycles. The van der Waals surface area contributed by atoms with Crippen LogP contribution in [0.25, 0.3) is 0 Å². The molecule has 0 spiro atoms. The van der Waals surface area contributed by atoms with E-state index in [1.165, 1.54) is 0 Å². The van der Waals surface area contributed by atoms with Gasteiger partial charge < -0.3 is 9.16 Å². The molecule has 0 saturated heterocycles. The minimum Gasteiger partial charge on any atom is -0.494 e. The summed E-state index contributed by atoms with van der Waals surface area (Å²) in [6.07, 6.45) is 0.920. The Bertz CT molecular complexity index is 567. The second kappa shape index (κ2) is 8.37. The molecular weight excluding hydrogens is 328 g/mol. The third-order valence-electron chi connectivity index (χ3n) is 4.26. The van der Waals surface area contributed by atoms with E-state index in [-0.39, 0.29) is 5.04 Å². The van der Waals surface area contributed by atoms with Crippen LogP contribution in [0.3, 0.4) is 0 Å². The molecule has 0 aliphatic heterocycles. The van der Waals surface area contributed by atoms with E-state index in [1.54, 1.807) is 0 Å². The molecule has 4 heteroatoms. The summed E-state index contributed by atoms with van der Waals surface area (Å²) < 4.78 is 12.0. The van der Waals surface area contributed by atoms with Crippen LogP contribution in [-0.2, 0) is 4.43 Å². The Kier molecular flexibility index (Phi) is 7.33. The molecule has 1 aromatic carbocycles. The molecule has 0 N–H and O–H groups in total. The van der Waals surface area contributed by atoms with E-state index < -0.39 is 16.4 Å². The van der Waals surface area contributed by atoms with Gasteiger partial charge in [-0.05, 0) is 42.4 Å². The van der Waals surface area contributed by atoms with Crippen LogP contribution in [0.15, 0.2) is 24.3 Å². The summed E-state index contributed by atoms with van der Waals surface area (Å²) in [6, 6.07) is 8.08. The second-order valence-corrected chi connectivity index (χ2v) is 18.4. The lowest BCUT2D eigenvalue weighted by Gasteiger charge is -2.36. The van der Waals surface area contributed by atoms with Gasteiger partial charge in [0.15, 0.2) is 8.32 Å². The molecule has 24 heavy (non-hydrogen) atoms. The molecule has 134 valence electrons. The van der Waals surface area contributed by atoms with E-state index in [0.717, 1.165) is 24.3 Å². The fourth-order valence-electron chi connectivity index (χ4n) is 1.69. The normalized spacial score (nSPS) is 12.5. The molecule has 0 aromatic heterocycles. The molecule has 2 nitrogen and oxygen atoms in total. The van der Waals surface area contributed by atoms with Gasteiger partial charge in [-0.15, -0.1) is 5.54 Å². The highest BCUT2D eigenvalue weighted by atomic mass is 28.4. The Morgan fingerprint density at radius 1 is 0.917 bits per heavy atom. The Labute approximate surface area is 151 Å². The highest BCUT2D eigenvalue weighted by molar-refractivity contribution is 6.83. The average molecular weight is 363 g/mol. The lowest BCUT2D eigenvalue weighted by molar-refractivity contribution is 0.234. The third kappa shape index (κ3) is 7.70. The fourth-order valence-corrected chi connectivity index (χ4v) is 3.29. The van der Waals surface area contributed by atoms with E-state index in [9.17, 15) is 0 Å². The first-order valence-electron chi connectivity index (χ1n) is 8.81. The Morgan fingerprint density at radius 2 is 1.50 bits per heavy atom. The molecule has 0 atom stereocenters. The average Bonchev–Trinajstić information content (AvgIpc) is 2.44. The van der Waals surface area contributed by atoms with Crippen molar-refractivity contribution < 1.29 is 9.16 Å². The number of hydrogen-bond acceptors (Lipinski definition) is 2. The lowest BCUT2D eigenvalue weighted by Crippen LogP contribution is -2.41. The summed E-state index contributed by atoms with van der Waals surface area (Å²) in [5.74, 6) is 4.16. The van der Waals surface area contributed by atoms with Crippen molar-refractivity contribution in [1.82, 2.24) is 0 Å². The van der Waals surface area contributed by atoms with E-state index in [0.29, 0.717) is 6.61 Å². The van der Waals surface area contributed by atoms with Gasteiger partial charge in [0.05, 0.1) is 6.61 Å². The van der Waals surface area contributed by atoms with Gasteiger partial charge >= 0.3 is 0 Å². The largest absolute Gasteiger partial charge is 0.494 e. The highest BCUT2D eigenvalue weighted by Gasteiger charge is 2.36. The molecule has 0 bridgehead atoms. The van der Waals surface area contributed by atoms with Crippen molar-refractivity contribution in [2.24, 2.45) is 0 Å². The van der Waals surface area contributed by atoms with Crippen LogP contribution in [0, 0.1) is 11.5 Å². The van der Waals surface area contributed by atoms with E-state index >= 15 is 0 Å². The van der Waals surface area contributed by atoms with Crippen LogP contribution in [-0.4, -0.2) is 29.6 Å². The molecule has 0 heterocycles. The molecule has 0 unspecified atom stereocenters. The van der Waals surface area contributed by atoms with Crippen LogP contribution in [0.4, 0.5) is 0 Å². The SMILES string of the molecule is CC(C)(C)[Si](C)(C)OCCCOc1ccc(C#C[Si](C)(C)C)cc1. The smallest absolute Gasteiger partial charge is 0.191 e. The van der Waals surface area contributed by atoms with Crippen molar-refractivity contribution in [2.45, 2.75) is 65.0 Å². The van der Waals surface area contributed by atoms with Gasteiger partial charge in [-0.25, -0.2) is 0 Å². The van der Waals surface area contributed by atoms with Crippen molar-refractivity contribution in [3.63, 3.8) is 0 Å². The second-order valence-electron chi connectivity index (χ2n) is 8.84. The quantitative estimate of drug-likeness (QED) is 0.367. The molecule has 0 aliphatic rings. The van der Waals surface area contributed by atoms with Crippen molar-refractivity contribution in [1.29, 1.82) is 0 Å². The van der Waals surface area contributed by atoms with Crippen molar-refractivity contribution in [3.8, 4) is 17.2 Å². The number of ether oxygens (including phenoxy) is 1. The number of hydrogen-bond donors (Lipinski definition) is 0. The van der Waals surface area contributed by atoms with E-state index in [1.807, 2.05) is 24.3 Å². The maximum absolute atomic E-state index is 6.16. The molecule has 0 fully saturated rings. The van der Waals surface area contributed by atoms with Gasteiger partial charge in [0.1, 0.15) is 13.8 Å². The first kappa shape index (κ1) is 21.0. The minimum atomic E-state index is -1.63. The Balaban J connectivity index is 2.37. The van der Waals surface area contributed by atoms with Crippen LogP contribution in [0.5, 0.6) is 5.75 Å². The maximum Gasteiger partial charge on any atom is 0.191 e. The van der Waals surface area contributed by atoms with Gasteiger partial charge in [-0.2, -0.15) is 0 Å². The molecule has 1 aromatic rings. The van der Waals surface area contributed by atoms with Crippen molar-refractivity contribution in [3.05, 3.63) is 29.8 Å². The van der Waals surface area contributed by atoms with Crippen LogP contribution < -0.4 is 4.74 Å². The highest BCUT2D eigenvalue weighted by Crippen LogP contribution is 2.36. The van der Waals surface area contributed by atoms with Gasteiger partial charge in [-0.1, -0.05) is 46.3 Å². The van der Waals surface area contributed by atoms with Gasteiger partial charge in [0.2, 0.25) is 0 Å². The van der Waals surface area contributed by atoms with Crippen LogP contribution in [0.1, 0.15) is 32.8 Å². The first-order chi connectivity index (χ1) is 10.9. The summed E-state index contributed by atoms with van der Waals surface area (Å²) in [6.45, 7) is 19.6. The summed E-state index contributed by atoms with van der Waals surface area (Å²) in [4.78, 5) is 0. The van der Waals surface area contributed by atoms with E-state index in [4.69, 9.17) is 9.16 Å². The molecular formula is C20H34O2Si2. The van der Waals surface area contributed by atoms with Crippen molar-refractivity contribution in [2.75, 3.05) is 13.2 Å². The van der Waals surface area contributed by atoms with Crippen LogP contribution in [0.2, 0.25) is 37.8 Å². The third-order valence-corrected chi connectivity index (χ3v) is 9.68. The summed E-state index contributed by atoms with van der Waals surface area (Å²) in [5.41, 5.74) is 4.44. The minimum absolute atomic E-state index is 0.265. The van der Waals surface area contributed by atoms with Crippen molar-refractivity contribution >= 4 is 16.4 Å². The summed E-state index contributed by atoms with van der Waals surface area (Å²) in [5, 5.41) is 0.265. The zero-order valence-corrected chi connectivity index (χ0v) is 18.7. The Morgan fingerprint density at radius 3 is 2.00 bits per heavy atom.